The average molecular weight is 265 g/mol. The molecule has 0 saturated heterocycles. The van der Waals surface area contributed by atoms with Gasteiger partial charge in [-0.05, 0) is 31.9 Å². The summed E-state index contributed by atoms with van der Waals surface area (Å²) in [5.74, 6) is 2.08. The summed E-state index contributed by atoms with van der Waals surface area (Å²) in [6, 6.07) is 1.57. The number of thioether (sulfide) groups is 1. The van der Waals surface area contributed by atoms with Crippen LogP contribution in [0.1, 0.15) is 43.8 Å². The minimum atomic E-state index is -0.0405. The molecule has 2 fully saturated rings. The highest BCUT2D eigenvalue weighted by Gasteiger charge is 2.36. The molecular weight excluding hydrogens is 246 g/mol. The first-order valence-corrected chi connectivity index (χ1v) is 7.84. The quantitative estimate of drug-likeness (QED) is 0.858. The number of hydrogen-bond acceptors (Lipinski definition) is 4. The van der Waals surface area contributed by atoms with Gasteiger partial charge in [-0.2, -0.15) is 11.8 Å². The SMILES string of the molecule is CSC1(CNc2cc(=O)[nH]c(C3CC3)n2)CCC1. The van der Waals surface area contributed by atoms with E-state index >= 15 is 0 Å². The Labute approximate surface area is 111 Å². The maximum absolute atomic E-state index is 11.6. The normalized spacial score (nSPS) is 21.4. The van der Waals surface area contributed by atoms with Gasteiger partial charge in [0, 0.05) is 23.3 Å². The largest absolute Gasteiger partial charge is 0.368 e. The van der Waals surface area contributed by atoms with Gasteiger partial charge in [0.2, 0.25) is 0 Å². The lowest BCUT2D eigenvalue weighted by atomic mass is 9.84. The molecule has 0 unspecified atom stereocenters. The molecule has 0 radical (unpaired) electrons. The van der Waals surface area contributed by atoms with Crippen LogP contribution in [-0.2, 0) is 0 Å². The van der Waals surface area contributed by atoms with Gasteiger partial charge in [-0.3, -0.25) is 4.79 Å². The van der Waals surface area contributed by atoms with Crippen LogP contribution in [-0.4, -0.2) is 27.5 Å². The minimum absolute atomic E-state index is 0.0405. The third-order valence-electron chi connectivity index (χ3n) is 4.01. The predicted molar refractivity (Wildman–Crippen MR) is 75.4 cm³/mol. The van der Waals surface area contributed by atoms with E-state index in [1.165, 1.54) is 19.3 Å². The van der Waals surface area contributed by atoms with Crippen LogP contribution < -0.4 is 10.9 Å². The first kappa shape index (κ1) is 12.1. The van der Waals surface area contributed by atoms with Crippen molar-refractivity contribution in [3.05, 3.63) is 22.2 Å². The van der Waals surface area contributed by atoms with Gasteiger partial charge in [0.15, 0.2) is 0 Å². The predicted octanol–water partition coefficient (Wildman–Crippen LogP) is 2.34. The van der Waals surface area contributed by atoms with Crippen LogP contribution in [0, 0.1) is 0 Å². The molecule has 1 heterocycles. The zero-order valence-electron chi connectivity index (χ0n) is 10.7. The number of aromatic amines is 1. The maximum atomic E-state index is 11.6. The molecule has 0 spiro atoms. The lowest BCUT2D eigenvalue weighted by Gasteiger charge is -2.40. The lowest BCUT2D eigenvalue weighted by molar-refractivity contribution is 0.379. The molecule has 0 atom stereocenters. The number of H-pyrrole nitrogens is 1. The van der Waals surface area contributed by atoms with Gasteiger partial charge in [0.1, 0.15) is 11.6 Å². The zero-order valence-corrected chi connectivity index (χ0v) is 11.5. The number of nitrogens with zero attached hydrogens (tertiary/aromatic N) is 1. The van der Waals surface area contributed by atoms with Crippen LogP contribution in [0.5, 0.6) is 0 Å². The van der Waals surface area contributed by atoms with Crippen molar-refractivity contribution in [2.24, 2.45) is 0 Å². The molecule has 0 aromatic carbocycles. The fourth-order valence-corrected chi connectivity index (χ4v) is 3.31. The zero-order chi connectivity index (χ0) is 12.6. The van der Waals surface area contributed by atoms with Gasteiger partial charge in [-0.1, -0.05) is 6.42 Å². The Kier molecular flexibility index (Phi) is 3.09. The highest BCUT2D eigenvalue weighted by atomic mass is 32.2. The highest BCUT2D eigenvalue weighted by molar-refractivity contribution is 8.00. The fourth-order valence-electron chi connectivity index (χ4n) is 2.39. The summed E-state index contributed by atoms with van der Waals surface area (Å²) >= 11 is 1.93. The van der Waals surface area contributed by atoms with Crippen molar-refractivity contribution in [1.29, 1.82) is 0 Å². The first-order chi connectivity index (χ1) is 8.71. The second-order valence-electron chi connectivity index (χ2n) is 5.38. The van der Waals surface area contributed by atoms with Crippen molar-refractivity contribution in [3.8, 4) is 0 Å². The molecule has 2 aliphatic rings. The molecule has 0 amide bonds. The minimum Gasteiger partial charge on any atom is -0.368 e. The highest BCUT2D eigenvalue weighted by Crippen LogP contribution is 2.42. The Morgan fingerprint density at radius 1 is 1.56 bits per heavy atom. The average Bonchev–Trinajstić information content (AvgIpc) is 3.11. The van der Waals surface area contributed by atoms with Crippen molar-refractivity contribution < 1.29 is 0 Å². The van der Waals surface area contributed by atoms with Crippen LogP contribution in [0.2, 0.25) is 0 Å². The van der Waals surface area contributed by atoms with Gasteiger partial charge in [0.25, 0.3) is 5.56 Å². The van der Waals surface area contributed by atoms with Crippen molar-refractivity contribution in [3.63, 3.8) is 0 Å². The van der Waals surface area contributed by atoms with Crippen LogP contribution in [0.3, 0.4) is 0 Å². The molecule has 98 valence electrons. The Morgan fingerprint density at radius 2 is 2.33 bits per heavy atom. The number of aromatic nitrogens is 2. The van der Waals surface area contributed by atoms with Gasteiger partial charge in [-0.15, -0.1) is 0 Å². The van der Waals surface area contributed by atoms with Gasteiger partial charge in [0.05, 0.1) is 0 Å². The maximum Gasteiger partial charge on any atom is 0.252 e. The van der Waals surface area contributed by atoms with Crippen LogP contribution in [0.4, 0.5) is 5.82 Å². The van der Waals surface area contributed by atoms with Gasteiger partial charge in [-0.25, -0.2) is 4.98 Å². The van der Waals surface area contributed by atoms with E-state index in [2.05, 4.69) is 21.5 Å². The molecule has 4 nitrogen and oxygen atoms in total. The fraction of sp³-hybridized carbons (Fsp3) is 0.692. The van der Waals surface area contributed by atoms with E-state index in [9.17, 15) is 4.79 Å². The van der Waals surface area contributed by atoms with E-state index in [0.717, 1.165) is 31.0 Å². The van der Waals surface area contributed by atoms with Crippen molar-refractivity contribution in [2.45, 2.75) is 42.8 Å². The van der Waals surface area contributed by atoms with Crippen molar-refractivity contribution >= 4 is 17.6 Å². The molecule has 1 aromatic rings. The smallest absolute Gasteiger partial charge is 0.252 e. The van der Waals surface area contributed by atoms with Crippen molar-refractivity contribution in [1.82, 2.24) is 9.97 Å². The first-order valence-electron chi connectivity index (χ1n) is 6.61. The molecule has 3 rings (SSSR count). The summed E-state index contributed by atoms with van der Waals surface area (Å²) in [5.41, 5.74) is -0.0405. The second-order valence-corrected chi connectivity index (χ2v) is 6.66. The molecular formula is C13H19N3OS. The lowest BCUT2D eigenvalue weighted by Crippen LogP contribution is -2.40. The van der Waals surface area contributed by atoms with Crippen LogP contribution >= 0.6 is 11.8 Å². The Hall–Kier alpha value is -0.970. The molecule has 1 aromatic heterocycles. The molecule has 5 heteroatoms. The molecule has 0 aliphatic heterocycles. The van der Waals surface area contributed by atoms with Crippen molar-refractivity contribution in [2.75, 3.05) is 18.1 Å². The Morgan fingerprint density at radius 3 is 2.89 bits per heavy atom. The number of anilines is 1. The number of hydrogen-bond donors (Lipinski definition) is 2. The van der Waals surface area contributed by atoms with E-state index < -0.39 is 0 Å². The molecule has 2 aliphatic carbocycles. The third kappa shape index (κ3) is 2.41. The Bertz CT molecular complexity index is 486. The summed E-state index contributed by atoms with van der Waals surface area (Å²) in [6.07, 6.45) is 8.32. The summed E-state index contributed by atoms with van der Waals surface area (Å²) in [4.78, 5) is 18.9. The van der Waals surface area contributed by atoms with E-state index in [-0.39, 0.29) is 5.56 Å². The second kappa shape index (κ2) is 4.61. The van der Waals surface area contributed by atoms with E-state index in [0.29, 0.717) is 10.7 Å². The van der Waals surface area contributed by atoms with E-state index in [1.807, 2.05) is 11.8 Å². The molecule has 2 saturated carbocycles. The molecule has 0 bridgehead atoms. The van der Waals surface area contributed by atoms with E-state index in [1.54, 1.807) is 6.07 Å². The monoisotopic (exact) mass is 265 g/mol. The topological polar surface area (TPSA) is 57.8 Å². The summed E-state index contributed by atoms with van der Waals surface area (Å²) < 4.78 is 0.365. The molecule has 18 heavy (non-hydrogen) atoms. The number of nitrogens with one attached hydrogen (secondary N) is 2. The van der Waals surface area contributed by atoms with E-state index in [4.69, 9.17) is 0 Å². The molecule has 2 N–H and O–H groups in total. The van der Waals surface area contributed by atoms with Gasteiger partial charge < -0.3 is 10.3 Å². The summed E-state index contributed by atoms with van der Waals surface area (Å²) in [5, 5.41) is 3.35. The van der Waals surface area contributed by atoms with Crippen LogP contribution in [0.15, 0.2) is 10.9 Å². The summed E-state index contributed by atoms with van der Waals surface area (Å²) in [7, 11) is 0. The number of rotatable bonds is 5. The standard InChI is InChI=1S/C13H19N3OS/c1-18-13(5-2-6-13)8-14-10-7-11(17)16-12(15-10)9-3-4-9/h7,9H,2-6,8H2,1H3,(H2,14,15,16,17). The Balaban J connectivity index is 1.70. The van der Waals surface area contributed by atoms with Crippen LogP contribution in [0.25, 0.3) is 0 Å². The third-order valence-corrected chi connectivity index (χ3v) is 5.43. The summed E-state index contributed by atoms with van der Waals surface area (Å²) in [6.45, 7) is 0.911. The van der Waals surface area contributed by atoms with Gasteiger partial charge >= 0.3 is 0 Å².